The van der Waals surface area contributed by atoms with Gasteiger partial charge >= 0.3 is 0 Å². The smallest absolute Gasteiger partial charge is 0.146 e. The number of hydrogen-bond acceptors (Lipinski definition) is 5. The predicted octanol–water partition coefficient (Wildman–Crippen LogP) is 0.437. The summed E-state index contributed by atoms with van der Waals surface area (Å²) in [5.41, 5.74) is 0. The lowest BCUT2D eigenvalue weighted by molar-refractivity contribution is 0.0722. The van der Waals surface area contributed by atoms with Gasteiger partial charge in [-0.3, -0.25) is 0 Å². The van der Waals surface area contributed by atoms with Gasteiger partial charge < -0.3 is 14.7 Å². The number of halogens is 1. The highest BCUT2D eigenvalue weighted by atomic mass is 79.9. The monoisotopic (exact) mass is 273 g/mol. The molecule has 0 spiro atoms. The fourth-order valence-electron chi connectivity index (χ4n) is 1.60. The second-order valence-corrected chi connectivity index (χ2v) is 4.15. The largest absolute Gasteiger partial charge is 0.394 e. The Morgan fingerprint density at radius 1 is 1.67 bits per heavy atom. The van der Waals surface area contributed by atoms with Crippen molar-refractivity contribution in [3.63, 3.8) is 0 Å². The summed E-state index contributed by atoms with van der Waals surface area (Å²) in [5.74, 6) is 0.812. The van der Waals surface area contributed by atoms with Gasteiger partial charge in [-0.05, 0) is 15.9 Å². The van der Waals surface area contributed by atoms with Gasteiger partial charge in [-0.15, -0.1) is 0 Å². The summed E-state index contributed by atoms with van der Waals surface area (Å²) in [4.78, 5) is 10.2. The Morgan fingerprint density at radius 2 is 2.53 bits per heavy atom. The maximum atomic E-state index is 9.23. The fourth-order valence-corrected chi connectivity index (χ4v) is 2.05. The van der Waals surface area contributed by atoms with Crippen LogP contribution in [0.25, 0.3) is 0 Å². The highest BCUT2D eigenvalue weighted by Crippen LogP contribution is 2.24. The molecule has 1 aromatic heterocycles. The van der Waals surface area contributed by atoms with Gasteiger partial charge in [0, 0.05) is 12.7 Å². The van der Waals surface area contributed by atoms with Crippen molar-refractivity contribution in [1.29, 1.82) is 0 Å². The maximum absolute atomic E-state index is 9.23. The number of ether oxygens (including phenoxy) is 1. The molecule has 15 heavy (non-hydrogen) atoms. The van der Waals surface area contributed by atoms with Crippen LogP contribution in [0.2, 0.25) is 0 Å². The van der Waals surface area contributed by atoms with Crippen LogP contribution in [0, 0.1) is 0 Å². The summed E-state index contributed by atoms with van der Waals surface area (Å²) in [5, 5.41) is 9.23. The number of rotatable bonds is 2. The summed E-state index contributed by atoms with van der Waals surface area (Å²) >= 11 is 3.40. The van der Waals surface area contributed by atoms with Gasteiger partial charge in [-0.1, -0.05) is 0 Å². The minimum absolute atomic E-state index is 0.0232. The molecule has 0 amide bonds. The number of aromatic nitrogens is 2. The number of aliphatic hydroxyl groups excluding tert-OH is 1. The van der Waals surface area contributed by atoms with E-state index in [0.717, 1.165) is 16.8 Å². The number of morpholine rings is 1. The molecule has 2 heterocycles. The summed E-state index contributed by atoms with van der Waals surface area (Å²) in [6.07, 6.45) is 3.20. The van der Waals surface area contributed by atoms with Gasteiger partial charge in [-0.2, -0.15) is 0 Å². The lowest BCUT2D eigenvalue weighted by Crippen LogP contribution is -2.48. The number of hydrogen-bond donors (Lipinski definition) is 1. The van der Waals surface area contributed by atoms with E-state index in [0.29, 0.717) is 13.2 Å². The third kappa shape index (κ3) is 2.27. The van der Waals surface area contributed by atoms with E-state index in [2.05, 4.69) is 25.9 Å². The van der Waals surface area contributed by atoms with E-state index in [-0.39, 0.29) is 12.6 Å². The Labute approximate surface area is 96.2 Å². The molecule has 1 aliphatic heterocycles. The van der Waals surface area contributed by atoms with Crippen molar-refractivity contribution in [2.45, 2.75) is 6.04 Å². The first-order chi connectivity index (χ1) is 7.33. The standard InChI is InChI=1S/C9H12BrN3O2/c10-8-3-11-6-12-9(8)13-1-2-15-5-7(13)4-14/h3,6-7,14H,1-2,4-5H2. The van der Waals surface area contributed by atoms with Crippen molar-refractivity contribution in [3.05, 3.63) is 17.0 Å². The van der Waals surface area contributed by atoms with E-state index in [1.165, 1.54) is 6.33 Å². The van der Waals surface area contributed by atoms with Crippen molar-refractivity contribution < 1.29 is 9.84 Å². The molecule has 1 unspecified atom stereocenters. The molecule has 1 aliphatic rings. The molecule has 2 rings (SSSR count). The summed E-state index contributed by atoms with van der Waals surface area (Å²) < 4.78 is 6.14. The first-order valence-corrected chi connectivity index (χ1v) is 5.53. The minimum atomic E-state index is -0.0232. The number of aliphatic hydroxyl groups is 1. The molecule has 0 bridgehead atoms. The minimum Gasteiger partial charge on any atom is -0.394 e. The lowest BCUT2D eigenvalue weighted by Gasteiger charge is -2.35. The highest BCUT2D eigenvalue weighted by molar-refractivity contribution is 9.10. The van der Waals surface area contributed by atoms with E-state index in [4.69, 9.17) is 4.74 Å². The third-order valence-electron chi connectivity index (χ3n) is 2.36. The van der Waals surface area contributed by atoms with Crippen LogP contribution in [-0.4, -0.2) is 47.5 Å². The number of nitrogens with zero attached hydrogens (tertiary/aromatic N) is 3. The van der Waals surface area contributed by atoms with Crippen molar-refractivity contribution >= 4 is 21.7 Å². The van der Waals surface area contributed by atoms with Gasteiger partial charge in [0.25, 0.3) is 0 Å². The van der Waals surface area contributed by atoms with Gasteiger partial charge in [0.1, 0.15) is 12.1 Å². The first kappa shape index (κ1) is 10.8. The number of anilines is 1. The lowest BCUT2D eigenvalue weighted by atomic mass is 10.2. The first-order valence-electron chi connectivity index (χ1n) is 4.73. The average Bonchev–Trinajstić information content (AvgIpc) is 2.30. The topological polar surface area (TPSA) is 58.5 Å². The van der Waals surface area contributed by atoms with Crippen LogP contribution in [0.4, 0.5) is 5.82 Å². The highest BCUT2D eigenvalue weighted by Gasteiger charge is 2.24. The van der Waals surface area contributed by atoms with E-state index in [1.54, 1.807) is 6.20 Å². The van der Waals surface area contributed by atoms with Gasteiger partial charge in [0.2, 0.25) is 0 Å². The van der Waals surface area contributed by atoms with Crippen molar-refractivity contribution in [3.8, 4) is 0 Å². The van der Waals surface area contributed by atoms with Crippen LogP contribution >= 0.6 is 15.9 Å². The van der Waals surface area contributed by atoms with Crippen molar-refractivity contribution in [2.75, 3.05) is 31.3 Å². The van der Waals surface area contributed by atoms with E-state index in [9.17, 15) is 5.11 Å². The molecular formula is C9H12BrN3O2. The molecule has 5 nitrogen and oxygen atoms in total. The Hall–Kier alpha value is -0.720. The van der Waals surface area contributed by atoms with Crippen molar-refractivity contribution in [1.82, 2.24) is 9.97 Å². The van der Waals surface area contributed by atoms with Gasteiger partial charge in [-0.25, -0.2) is 9.97 Å². The molecule has 1 saturated heterocycles. The molecule has 1 N–H and O–H groups in total. The maximum Gasteiger partial charge on any atom is 0.146 e. The predicted molar refractivity (Wildman–Crippen MR) is 58.8 cm³/mol. The van der Waals surface area contributed by atoms with Crippen LogP contribution in [0.5, 0.6) is 0 Å². The Bertz CT molecular complexity index is 337. The molecule has 0 aliphatic carbocycles. The zero-order chi connectivity index (χ0) is 10.7. The van der Waals surface area contributed by atoms with Gasteiger partial charge in [0.05, 0.1) is 30.3 Å². The molecule has 1 fully saturated rings. The summed E-state index contributed by atoms with van der Waals surface area (Å²) in [6, 6.07) is -0.0232. The zero-order valence-electron chi connectivity index (χ0n) is 8.14. The van der Waals surface area contributed by atoms with Crippen LogP contribution < -0.4 is 4.90 Å². The molecular weight excluding hydrogens is 262 g/mol. The zero-order valence-corrected chi connectivity index (χ0v) is 9.72. The van der Waals surface area contributed by atoms with E-state index in [1.807, 2.05) is 4.90 Å². The molecule has 1 atom stereocenters. The fraction of sp³-hybridized carbons (Fsp3) is 0.556. The Kier molecular flexibility index (Phi) is 3.50. The average molecular weight is 274 g/mol. The van der Waals surface area contributed by atoms with Crippen LogP contribution in [0.3, 0.4) is 0 Å². The van der Waals surface area contributed by atoms with Crippen LogP contribution in [0.15, 0.2) is 17.0 Å². The molecule has 1 aromatic rings. The molecule has 82 valence electrons. The second kappa shape index (κ2) is 4.87. The Balaban J connectivity index is 2.24. The second-order valence-electron chi connectivity index (χ2n) is 3.30. The van der Waals surface area contributed by atoms with E-state index >= 15 is 0 Å². The molecule has 6 heteroatoms. The van der Waals surface area contributed by atoms with E-state index < -0.39 is 0 Å². The molecule has 0 radical (unpaired) electrons. The summed E-state index contributed by atoms with van der Waals surface area (Å²) in [7, 11) is 0. The third-order valence-corrected chi connectivity index (χ3v) is 2.92. The Morgan fingerprint density at radius 3 is 3.27 bits per heavy atom. The van der Waals surface area contributed by atoms with Gasteiger partial charge in [0.15, 0.2) is 0 Å². The quantitative estimate of drug-likeness (QED) is 0.847. The van der Waals surface area contributed by atoms with Crippen molar-refractivity contribution in [2.24, 2.45) is 0 Å². The normalized spacial score (nSPS) is 21.7. The SMILES string of the molecule is OCC1COCCN1c1ncncc1Br. The molecule has 0 aromatic carbocycles. The summed E-state index contributed by atoms with van der Waals surface area (Å²) in [6.45, 7) is 2.00. The molecule has 0 saturated carbocycles. The van der Waals surface area contributed by atoms with Crippen LogP contribution in [0.1, 0.15) is 0 Å². The van der Waals surface area contributed by atoms with Crippen LogP contribution in [-0.2, 0) is 4.74 Å².